The minimum absolute atomic E-state index is 0.169. The maximum Gasteiger partial charge on any atom is 0.418 e. The fraction of sp³-hybridized carbons (Fsp3) is 0.0769. The number of fused-ring (bicyclic) bond motifs is 1. The molecule has 3 aromatic rings. The minimum atomic E-state index is -4.54. The molecule has 112 valence electrons. The van der Waals surface area contributed by atoms with Gasteiger partial charge < -0.3 is 10.1 Å². The fourth-order valence-electron chi connectivity index (χ4n) is 2.11. The van der Waals surface area contributed by atoms with E-state index < -0.39 is 16.7 Å². The number of imidazole rings is 1. The molecule has 0 saturated carbocycles. The molecule has 0 amide bonds. The average Bonchev–Trinajstić information content (AvgIpc) is 2.89. The molecule has 3 aromatic heterocycles. The normalized spacial score (nSPS) is 11.8. The van der Waals surface area contributed by atoms with Crippen LogP contribution < -0.4 is 0 Å². The molecule has 0 spiro atoms. The molecule has 0 saturated heterocycles. The Morgan fingerprint density at radius 2 is 2.00 bits per heavy atom. The highest BCUT2D eigenvalue weighted by Gasteiger charge is 2.34. The van der Waals surface area contributed by atoms with Crippen molar-refractivity contribution in [2.75, 3.05) is 0 Å². The first-order valence-electron chi connectivity index (χ1n) is 6.02. The summed E-state index contributed by atoms with van der Waals surface area (Å²) in [6.07, 6.45) is -0.952. The largest absolute Gasteiger partial charge is 0.418 e. The van der Waals surface area contributed by atoms with Crippen molar-refractivity contribution in [1.82, 2.24) is 14.4 Å². The summed E-state index contributed by atoms with van der Waals surface area (Å²) >= 11 is 0. The number of nitro groups is 1. The van der Waals surface area contributed by atoms with Crippen LogP contribution >= 0.6 is 0 Å². The summed E-state index contributed by atoms with van der Waals surface area (Å²) in [5.74, 6) is -0.265. The van der Waals surface area contributed by atoms with Gasteiger partial charge in [0.2, 0.25) is 5.65 Å². The lowest BCUT2D eigenvalue weighted by Crippen LogP contribution is -2.08. The molecule has 0 aliphatic carbocycles. The van der Waals surface area contributed by atoms with Crippen LogP contribution in [0.4, 0.5) is 19.0 Å². The van der Waals surface area contributed by atoms with Gasteiger partial charge in [-0.05, 0) is 23.1 Å². The third-order valence-electron chi connectivity index (χ3n) is 3.07. The monoisotopic (exact) mass is 308 g/mol. The molecular formula is C13H7F3N4O2. The van der Waals surface area contributed by atoms with Crippen molar-refractivity contribution in [2.24, 2.45) is 0 Å². The van der Waals surface area contributed by atoms with Crippen molar-refractivity contribution in [3.8, 4) is 11.3 Å². The van der Waals surface area contributed by atoms with Crippen molar-refractivity contribution < 1.29 is 18.1 Å². The van der Waals surface area contributed by atoms with E-state index in [1.54, 1.807) is 0 Å². The van der Waals surface area contributed by atoms with Crippen LogP contribution in [0.5, 0.6) is 0 Å². The summed E-state index contributed by atoms with van der Waals surface area (Å²) in [4.78, 5) is 17.8. The molecule has 3 heterocycles. The third kappa shape index (κ3) is 2.26. The van der Waals surface area contributed by atoms with Crippen LogP contribution in [0.25, 0.3) is 16.9 Å². The highest BCUT2D eigenvalue weighted by Crippen LogP contribution is 2.35. The Kier molecular flexibility index (Phi) is 3.05. The van der Waals surface area contributed by atoms with Crippen LogP contribution in [0.3, 0.4) is 0 Å². The van der Waals surface area contributed by atoms with Gasteiger partial charge in [-0.15, -0.1) is 0 Å². The first-order valence-corrected chi connectivity index (χ1v) is 6.02. The zero-order valence-corrected chi connectivity index (χ0v) is 10.8. The second-order valence-electron chi connectivity index (χ2n) is 4.41. The van der Waals surface area contributed by atoms with Gasteiger partial charge in [-0.2, -0.15) is 17.6 Å². The van der Waals surface area contributed by atoms with Gasteiger partial charge in [-0.25, -0.2) is 4.98 Å². The van der Waals surface area contributed by atoms with Crippen LogP contribution in [0.1, 0.15) is 5.56 Å². The Bertz CT molecular complexity index is 873. The molecule has 0 atom stereocenters. The first-order chi connectivity index (χ1) is 10.4. The zero-order chi connectivity index (χ0) is 15.9. The summed E-state index contributed by atoms with van der Waals surface area (Å²) in [6.45, 7) is 0. The lowest BCUT2D eigenvalue weighted by atomic mass is 10.1. The summed E-state index contributed by atoms with van der Waals surface area (Å²) < 4.78 is 40.2. The fourth-order valence-corrected chi connectivity index (χ4v) is 2.11. The Morgan fingerprint density at radius 3 is 2.68 bits per heavy atom. The van der Waals surface area contributed by atoms with Gasteiger partial charge in [-0.3, -0.25) is 4.98 Å². The Labute approximate surface area is 121 Å². The molecule has 3 rings (SSSR count). The molecule has 22 heavy (non-hydrogen) atoms. The number of hydrogen-bond donors (Lipinski definition) is 0. The van der Waals surface area contributed by atoms with Crippen LogP contribution in [0, 0.1) is 10.1 Å². The van der Waals surface area contributed by atoms with E-state index in [0.717, 1.165) is 12.3 Å². The maximum absolute atomic E-state index is 13.0. The van der Waals surface area contributed by atoms with Crippen LogP contribution in [0.2, 0.25) is 0 Å². The second kappa shape index (κ2) is 4.79. The molecule has 0 unspecified atom stereocenters. The van der Waals surface area contributed by atoms with Gasteiger partial charge >= 0.3 is 12.0 Å². The quantitative estimate of drug-likeness (QED) is 0.537. The van der Waals surface area contributed by atoms with E-state index in [9.17, 15) is 23.3 Å². The number of aromatic nitrogens is 3. The number of pyridine rings is 2. The van der Waals surface area contributed by atoms with Gasteiger partial charge in [0.15, 0.2) is 0 Å². The number of halogens is 3. The molecule has 0 aliphatic heterocycles. The van der Waals surface area contributed by atoms with Gasteiger partial charge in [-0.1, -0.05) is 0 Å². The Hall–Kier alpha value is -2.97. The van der Waals surface area contributed by atoms with E-state index in [1.165, 1.54) is 35.0 Å². The standard InChI is InChI=1S/C13H7F3N4O2/c14-13(15,16)9-2-1-4-17-12(9)8-3-5-19-10(6-8)18-7-11(19)20(21)22/h1-7H. The van der Waals surface area contributed by atoms with Gasteiger partial charge in [0, 0.05) is 17.8 Å². The van der Waals surface area contributed by atoms with E-state index in [1.807, 2.05) is 0 Å². The zero-order valence-electron chi connectivity index (χ0n) is 10.8. The molecule has 0 bridgehead atoms. The Morgan fingerprint density at radius 1 is 1.23 bits per heavy atom. The molecule has 9 heteroatoms. The highest BCUT2D eigenvalue weighted by atomic mass is 19.4. The van der Waals surface area contributed by atoms with Crippen LogP contribution in [-0.2, 0) is 6.18 Å². The van der Waals surface area contributed by atoms with E-state index in [0.29, 0.717) is 0 Å². The van der Waals surface area contributed by atoms with Crippen molar-refractivity contribution in [1.29, 1.82) is 0 Å². The van der Waals surface area contributed by atoms with Crippen molar-refractivity contribution >= 4 is 11.5 Å². The first kappa shape index (κ1) is 14.0. The van der Waals surface area contributed by atoms with Crippen LogP contribution in [0.15, 0.2) is 42.9 Å². The van der Waals surface area contributed by atoms with E-state index in [-0.39, 0.29) is 22.7 Å². The third-order valence-corrected chi connectivity index (χ3v) is 3.07. The molecule has 0 aromatic carbocycles. The number of nitrogens with zero attached hydrogens (tertiary/aromatic N) is 4. The average molecular weight is 308 g/mol. The topological polar surface area (TPSA) is 73.3 Å². The second-order valence-corrected chi connectivity index (χ2v) is 4.41. The molecule has 0 N–H and O–H groups in total. The van der Waals surface area contributed by atoms with E-state index >= 15 is 0 Å². The van der Waals surface area contributed by atoms with Gasteiger partial charge in [0.1, 0.15) is 6.20 Å². The SMILES string of the molecule is O=[N+]([O-])c1cnc2cc(-c3ncccc3C(F)(F)F)ccn12. The molecule has 6 nitrogen and oxygen atoms in total. The van der Waals surface area contributed by atoms with Crippen molar-refractivity contribution in [3.63, 3.8) is 0 Å². The molecular weight excluding hydrogens is 301 g/mol. The van der Waals surface area contributed by atoms with E-state index in [2.05, 4.69) is 9.97 Å². The predicted molar refractivity (Wildman–Crippen MR) is 70.1 cm³/mol. The number of alkyl halides is 3. The van der Waals surface area contributed by atoms with Crippen molar-refractivity contribution in [3.05, 3.63) is 58.5 Å². The maximum atomic E-state index is 13.0. The number of rotatable bonds is 2. The summed E-state index contributed by atoms with van der Waals surface area (Å²) in [5, 5.41) is 10.8. The smallest absolute Gasteiger partial charge is 0.358 e. The highest BCUT2D eigenvalue weighted by molar-refractivity contribution is 5.68. The summed E-state index contributed by atoms with van der Waals surface area (Å²) in [5.41, 5.74) is -0.771. The van der Waals surface area contributed by atoms with Crippen LogP contribution in [-0.4, -0.2) is 19.3 Å². The summed E-state index contributed by atoms with van der Waals surface area (Å²) in [7, 11) is 0. The van der Waals surface area contributed by atoms with Crippen molar-refractivity contribution in [2.45, 2.75) is 6.18 Å². The lowest BCUT2D eigenvalue weighted by molar-refractivity contribution is -0.390. The van der Waals surface area contributed by atoms with Gasteiger partial charge in [0.05, 0.1) is 17.5 Å². The summed E-state index contributed by atoms with van der Waals surface area (Å²) in [6, 6.07) is 4.79. The predicted octanol–water partition coefficient (Wildman–Crippen LogP) is 3.32. The lowest BCUT2D eigenvalue weighted by Gasteiger charge is -2.11. The van der Waals surface area contributed by atoms with Gasteiger partial charge in [0.25, 0.3) is 0 Å². The molecule has 0 fully saturated rings. The van der Waals surface area contributed by atoms with E-state index in [4.69, 9.17) is 0 Å². The minimum Gasteiger partial charge on any atom is -0.358 e. The molecule has 0 aliphatic rings. The molecule has 0 radical (unpaired) electrons. The number of hydrogen-bond acceptors (Lipinski definition) is 4. The Balaban J connectivity index is 2.18.